The summed E-state index contributed by atoms with van der Waals surface area (Å²) >= 11 is 5.82. The van der Waals surface area contributed by atoms with E-state index in [2.05, 4.69) is 4.98 Å². The second kappa shape index (κ2) is 5.35. The molecular formula is C12H14ClN3O2. The molecule has 6 heteroatoms. The molecule has 0 spiro atoms. The van der Waals surface area contributed by atoms with E-state index in [0.29, 0.717) is 18.0 Å². The van der Waals surface area contributed by atoms with Crippen molar-refractivity contribution in [2.45, 2.75) is 25.3 Å². The fraction of sp³-hybridized carbons (Fsp3) is 0.417. The number of aromatic nitrogens is 1. The van der Waals surface area contributed by atoms with Crippen LogP contribution in [0.2, 0.25) is 5.02 Å². The Kier molecular flexibility index (Phi) is 3.81. The standard InChI is InChI=1S/C12H14ClN3O2/c13-8-4-5-15-9(7-8)12(18)16-6-2-1-3-10(16)11(14)17/h4-5,7,10H,1-3,6H2,(H2,14,17). The van der Waals surface area contributed by atoms with Gasteiger partial charge in [-0.2, -0.15) is 0 Å². The van der Waals surface area contributed by atoms with Gasteiger partial charge in [0.2, 0.25) is 5.91 Å². The molecule has 1 fully saturated rings. The van der Waals surface area contributed by atoms with Gasteiger partial charge >= 0.3 is 0 Å². The Morgan fingerprint density at radius 2 is 2.22 bits per heavy atom. The molecule has 2 amide bonds. The first-order chi connectivity index (χ1) is 8.59. The van der Waals surface area contributed by atoms with Crippen LogP contribution in [0.15, 0.2) is 18.3 Å². The normalized spacial score (nSPS) is 19.6. The molecule has 0 saturated carbocycles. The third kappa shape index (κ3) is 2.61. The first-order valence-corrected chi connectivity index (χ1v) is 6.19. The highest BCUT2D eigenvalue weighted by molar-refractivity contribution is 6.30. The topological polar surface area (TPSA) is 76.3 Å². The van der Waals surface area contributed by atoms with Crippen molar-refractivity contribution in [1.82, 2.24) is 9.88 Å². The second-order valence-electron chi connectivity index (χ2n) is 4.27. The number of nitrogens with zero attached hydrogens (tertiary/aromatic N) is 2. The molecule has 0 radical (unpaired) electrons. The summed E-state index contributed by atoms with van der Waals surface area (Å²) in [6.45, 7) is 0.528. The summed E-state index contributed by atoms with van der Waals surface area (Å²) in [6, 6.07) is 2.56. The highest BCUT2D eigenvalue weighted by atomic mass is 35.5. The zero-order valence-corrected chi connectivity index (χ0v) is 10.6. The van der Waals surface area contributed by atoms with Crippen LogP contribution in [0.1, 0.15) is 29.8 Å². The van der Waals surface area contributed by atoms with Crippen molar-refractivity contribution in [2.24, 2.45) is 5.73 Å². The van der Waals surface area contributed by atoms with Gasteiger partial charge in [0.1, 0.15) is 11.7 Å². The maximum Gasteiger partial charge on any atom is 0.273 e. The number of hydrogen-bond acceptors (Lipinski definition) is 3. The van der Waals surface area contributed by atoms with E-state index in [1.54, 1.807) is 6.07 Å². The Bertz CT molecular complexity index is 478. The van der Waals surface area contributed by atoms with Crippen LogP contribution in [0.5, 0.6) is 0 Å². The van der Waals surface area contributed by atoms with E-state index >= 15 is 0 Å². The zero-order valence-electron chi connectivity index (χ0n) is 9.80. The maximum absolute atomic E-state index is 12.3. The lowest BCUT2D eigenvalue weighted by Gasteiger charge is -2.33. The van der Waals surface area contributed by atoms with Gasteiger partial charge in [-0.3, -0.25) is 14.6 Å². The smallest absolute Gasteiger partial charge is 0.273 e. The number of amides is 2. The van der Waals surface area contributed by atoms with Gasteiger partial charge < -0.3 is 10.6 Å². The number of carbonyl (C=O) groups is 2. The van der Waals surface area contributed by atoms with Crippen LogP contribution < -0.4 is 5.73 Å². The molecule has 1 aliphatic heterocycles. The van der Waals surface area contributed by atoms with E-state index in [1.165, 1.54) is 17.2 Å². The second-order valence-corrected chi connectivity index (χ2v) is 4.71. The number of rotatable bonds is 2. The van der Waals surface area contributed by atoms with Crippen molar-refractivity contribution in [3.63, 3.8) is 0 Å². The van der Waals surface area contributed by atoms with Crippen molar-refractivity contribution in [3.8, 4) is 0 Å². The highest BCUT2D eigenvalue weighted by Gasteiger charge is 2.31. The van der Waals surface area contributed by atoms with Crippen LogP contribution in [-0.2, 0) is 4.79 Å². The Hall–Kier alpha value is -1.62. The number of likely N-dealkylation sites (tertiary alicyclic amines) is 1. The number of primary amides is 1. The largest absolute Gasteiger partial charge is 0.368 e. The van der Waals surface area contributed by atoms with Gasteiger partial charge in [-0.05, 0) is 31.4 Å². The summed E-state index contributed by atoms with van der Waals surface area (Å²) in [6.07, 6.45) is 3.86. The molecule has 2 rings (SSSR count). The van der Waals surface area contributed by atoms with E-state index in [-0.39, 0.29) is 11.6 Å². The van der Waals surface area contributed by atoms with Gasteiger partial charge in [0.25, 0.3) is 5.91 Å². The van der Waals surface area contributed by atoms with E-state index in [9.17, 15) is 9.59 Å². The average Bonchev–Trinajstić information content (AvgIpc) is 2.38. The molecule has 1 unspecified atom stereocenters. The molecule has 1 aromatic heterocycles. The third-order valence-corrected chi connectivity index (χ3v) is 3.27. The summed E-state index contributed by atoms with van der Waals surface area (Å²) in [5, 5.41) is 0.445. The van der Waals surface area contributed by atoms with Crippen molar-refractivity contribution >= 4 is 23.4 Å². The Morgan fingerprint density at radius 3 is 2.89 bits per heavy atom. The third-order valence-electron chi connectivity index (χ3n) is 3.03. The predicted octanol–water partition coefficient (Wildman–Crippen LogP) is 1.21. The average molecular weight is 268 g/mol. The number of pyridine rings is 1. The van der Waals surface area contributed by atoms with Crippen molar-refractivity contribution in [3.05, 3.63) is 29.0 Å². The molecule has 5 nitrogen and oxygen atoms in total. The number of nitrogens with two attached hydrogens (primary N) is 1. The molecule has 1 aromatic rings. The Labute approximate surface area is 110 Å². The van der Waals surface area contributed by atoms with Crippen LogP contribution in [0.3, 0.4) is 0 Å². The lowest BCUT2D eigenvalue weighted by molar-refractivity contribution is -0.123. The molecule has 2 heterocycles. The maximum atomic E-state index is 12.3. The summed E-state index contributed by atoms with van der Waals surface area (Å²) in [5.41, 5.74) is 5.57. The van der Waals surface area contributed by atoms with Gasteiger partial charge in [-0.1, -0.05) is 11.6 Å². The highest BCUT2D eigenvalue weighted by Crippen LogP contribution is 2.19. The van der Waals surface area contributed by atoms with Crippen molar-refractivity contribution in [2.75, 3.05) is 6.54 Å². The van der Waals surface area contributed by atoms with E-state index in [1.807, 2.05) is 0 Å². The van der Waals surface area contributed by atoms with Crippen LogP contribution >= 0.6 is 11.6 Å². The number of piperidine rings is 1. The van der Waals surface area contributed by atoms with Crippen molar-refractivity contribution < 1.29 is 9.59 Å². The Morgan fingerprint density at radius 1 is 1.44 bits per heavy atom. The molecule has 2 N–H and O–H groups in total. The summed E-state index contributed by atoms with van der Waals surface area (Å²) in [7, 11) is 0. The van der Waals surface area contributed by atoms with Gasteiger partial charge in [0.15, 0.2) is 0 Å². The van der Waals surface area contributed by atoms with Crippen LogP contribution in [0, 0.1) is 0 Å². The van der Waals surface area contributed by atoms with Crippen LogP contribution in [-0.4, -0.2) is 34.3 Å². The minimum absolute atomic E-state index is 0.246. The Balaban J connectivity index is 2.23. The van der Waals surface area contributed by atoms with E-state index in [0.717, 1.165) is 12.8 Å². The van der Waals surface area contributed by atoms with Gasteiger partial charge in [0.05, 0.1) is 0 Å². The summed E-state index contributed by atoms with van der Waals surface area (Å²) in [5.74, 6) is -0.758. The molecule has 0 aliphatic carbocycles. The molecule has 1 aliphatic rings. The van der Waals surface area contributed by atoms with Crippen LogP contribution in [0.4, 0.5) is 0 Å². The fourth-order valence-electron chi connectivity index (χ4n) is 2.14. The lowest BCUT2D eigenvalue weighted by atomic mass is 10.0. The molecule has 96 valence electrons. The minimum Gasteiger partial charge on any atom is -0.368 e. The SMILES string of the molecule is NC(=O)C1CCCCN1C(=O)c1cc(Cl)ccn1. The quantitative estimate of drug-likeness (QED) is 0.875. The monoisotopic (exact) mass is 267 g/mol. The molecule has 1 atom stereocenters. The summed E-state index contributed by atoms with van der Waals surface area (Å²) < 4.78 is 0. The van der Waals surface area contributed by atoms with Gasteiger partial charge in [-0.15, -0.1) is 0 Å². The molecule has 0 aromatic carbocycles. The molecular weight excluding hydrogens is 254 g/mol. The fourth-order valence-corrected chi connectivity index (χ4v) is 2.30. The predicted molar refractivity (Wildman–Crippen MR) is 67.1 cm³/mol. The first kappa shape index (κ1) is 12.8. The number of halogens is 1. The molecule has 0 bridgehead atoms. The van der Waals surface area contributed by atoms with Crippen LogP contribution in [0.25, 0.3) is 0 Å². The molecule has 1 saturated heterocycles. The first-order valence-electron chi connectivity index (χ1n) is 5.81. The number of carbonyl (C=O) groups excluding carboxylic acids is 2. The van der Waals surface area contributed by atoms with Gasteiger partial charge in [0, 0.05) is 17.8 Å². The molecule has 18 heavy (non-hydrogen) atoms. The van der Waals surface area contributed by atoms with Crippen molar-refractivity contribution in [1.29, 1.82) is 0 Å². The summed E-state index contributed by atoms with van der Waals surface area (Å²) in [4.78, 5) is 29.1. The van der Waals surface area contributed by atoms with E-state index in [4.69, 9.17) is 17.3 Å². The number of hydrogen-bond donors (Lipinski definition) is 1. The van der Waals surface area contributed by atoms with Gasteiger partial charge in [-0.25, -0.2) is 0 Å². The zero-order chi connectivity index (χ0) is 13.1. The van der Waals surface area contributed by atoms with E-state index < -0.39 is 11.9 Å². The minimum atomic E-state index is -0.535. The lowest BCUT2D eigenvalue weighted by Crippen LogP contribution is -2.50.